The molecular weight excluding hydrogens is 681 g/mol. The first-order chi connectivity index (χ1) is 26.1. The molecule has 0 spiro atoms. The van der Waals surface area contributed by atoms with Crippen molar-refractivity contribution in [2.45, 2.75) is 33.1 Å². The summed E-state index contributed by atoms with van der Waals surface area (Å²) in [6.45, 7) is 6.32. The number of nitrogens with one attached hydrogen (secondary N) is 4. The zero-order valence-electron chi connectivity index (χ0n) is 30.7. The van der Waals surface area contributed by atoms with Crippen LogP contribution >= 0.6 is 0 Å². The Labute approximate surface area is 313 Å². The minimum Gasteiger partial charge on any atom is -0.341 e. The molecule has 0 bridgehead atoms. The molecular formula is C42H40N8O4. The third kappa shape index (κ3) is 6.72. The van der Waals surface area contributed by atoms with Crippen molar-refractivity contribution in [1.29, 1.82) is 0 Å². The first-order valence-electron chi connectivity index (χ1n) is 17.6. The van der Waals surface area contributed by atoms with Gasteiger partial charge in [0.25, 0.3) is 11.8 Å². The minimum absolute atomic E-state index is 0.116. The summed E-state index contributed by atoms with van der Waals surface area (Å²) in [5, 5.41) is 8.21. The molecule has 0 saturated heterocycles. The van der Waals surface area contributed by atoms with Gasteiger partial charge >= 0.3 is 0 Å². The Morgan fingerprint density at radius 3 is 1.96 bits per heavy atom. The molecule has 1 aliphatic rings. The SMILES string of the molecule is C#Cc1ccc(Nc2c(C(=O)NOCC3CC3c3ccc4c(C(=O)NOCC)c(Nc5ccc(C#C)cc5C)n(C)c4n3)c3cccnc3n2C)c(C)c1. The lowest BCUT2D eigenvalue weighted by molar-refractivity contribution is 0.0266. The Hall–Kier alpha value is -6.60. The van der Waals surface area contributed by atoms with Crippen LogP contribution in [0.2, 0.25) is 0 Å². The van der Waals surface area contributed by atoms with E-state index in [2.05, 4.69) is 38.4 Å². The maximum Gasteiger partial charge on any atom is 0.279 e. The van der Waals surface area contributed by atoms with Crippen LogP contribution in [0, 0.1) is 44.5 Å². The van der Waals surface area contributed by atoms with Crippen LogP contribution in [0.5, 0.6) is 0 Å². The number of fused-ring (bicyclic) bond motifs is 2. The summed E-state index contributed by atoms with van der Waals surface area (Å²) >= 11 is 0. The zero-order chi connectivity index (χ0) is 38.1. The Morgan fingerprint density at radius 1 is 0.815 bits per heavy atom. The van der Waals surface area contributed by atoms with Crippen LogP contribution < -0.4 is 21.6 Å². The van der Waals surface area contributed by atoms with Gasteiger partial charge in [-0.15, -0.1) is 12.8 Å². The van der Waals surface area contributed by atoms with Gasteiger partial charge in [-0.3, -0.25) is 19.3 Å². The number of pyridine rings is 2. The van der Waals surface area contributed by atoms with E-state index < -0.39 is 5.91 Å². The lowest BCUT2D eigenvalue weighted by Gasteiger charge is -2.13. The average molecular weight is 721 g/mol. The molecule has 2 atom stereocenters. The fourth-order valence-electron chi connectivity index (χ4n) is 6.83. The van der Waals surface area contributed by atoms with Crippen LogP contribution in [0.4, 0.5) is 23.0 Å². The van der Waals surface area contributed by atoms with Crippen LogP contribution in [0.25, 0.3) is 22.1 Å². The van der Waals surface area contributed by atoms with E-state index >= 15 is 0 Å². The van der Waals surface area contributed by atoms with Crippen molar-refractivity contribution in [3.05, 3.63) is 106 Å². The van der Waals surface area contributed by atoms with Crippen molar-refractivity contribution in [3.63, 3.8) is 0 Å². The van der Waals surface area contributed by atoms with Crippen LogP contribution in [0.1, 0.15) is 67.9 Å². The van der Waals surface area contributed by atoms with E-state index in [0.29, 0.717) is 58.0 Å². The second kappa shape index (κ2) is 14.8. The third-order valence-corrected chi connectivity index (χ3v) is 9.82. The van der Waals surface area contributed by atoms with E-state index in [9.17, 15) is 9.59 Å². The van der Waals surface area contributed by atoms with Crippen molar-refractivity contribution in [2.24, 2.45) is 20.0 Å². The van der Waals surface area contributed by atoms with Crippen molar-refractivity contribution < 1.29 is 19.3 Å². The van der Waals surface area contributed by atoms with Crippen molar-refractivity contribution >= 4 is 56.9 Å². The number of rotatable bonds is 12. The number of aryl methyl sites for hydroxylation is 4. The molecule has 0 radical (unpaired) electrons. The van der Waals surface area contributed by atoms with E-state index in [1.165, 1.54) is 0 Å². The van der Waals surface area contributed by atoms with Crippen LogP contribution in [-0.2, 0) is 23.8 Å². The molecule has 4 heterocycles. The van der Waals surface area contributed by atoms with E-state index in [-0.39, 0.29) is 17.7 Å². The van der Waals surface area contributed by atoms with Gasteiger partial charge < -0.3 is 19.8 Å². The van der Waals surface area contributed by atoms with E-state index in [4.69, 9.17) is 27.5 Å². The number of carbonyl (C=O) groups excluding carboxylic acids is 2. The lowest BCUT2D eigenvalue weighted by Crippen LogP contribution is -2.25. The monoisotopic (exact) mass is 720 g/mol. The summed E-state index contributed by atoms with van der Waals surface area (Å²) in [6.07, 6.45) is 13.7. The van der Waals surface area contributed by atoms with Gasteiger partial charge in [-0.1, -0.05) is 11.8 Å². The van der Waals surface area contributed by atoms with Gasteiger partial charge in [0, 0.05) is 65.2 Å². The molecule has 1 aliphatic carbocycles. The molecule has 1 saturated carbocycles. The molecule has 12 heteroatoms. The Bertz CT molecular complexity index is 2540. The van der Waals surface area contributed by atoms with Gasteiger partial charge in [0.05, 0.1) is 24.3 Å². The normalized spacial score (nSPS) is 14.7. The molecule has 4 aromatic heterocycles. The van der Waals surface area contributed by atoms with Gasteiger partial charge in [0.15, 0.2) is 0 Å². The number of benzene rings is 2. The molecule has 2 aromatic carbocycles. The summed E-state index contributed by atoms with van der Waals surface area (Å²) in [4.78, 5) is 47.8. The van der Waals surface area contributed by atoms with Crippen LogP contribution in [-0.4, -0.2) is 44.1 Å². The number of hydrogen-bond acceptors (Lipinski definition) is 8. The summed E-state index contributed by atoms with van der Waals surface area (Å²) in [5.74, 6) is 5.93. The maximum atomic E-state index is 13.7. The maximum absolute atomic E-state index is 13.7. The number of amides is 2. The fourth-order valence-corrected chi connectivity index (χ4v) is 6.83. The Kier molecular flexibility index (Phi) is 9.81. The number of anilines is 4. The second-order valence-corrected chi connectivity index (χ2v) is 13.4. The number of carbonyl (C=O) groups is 2. The summed E-state index contributed by atoms with van der Waals surface area (Å²) < 4.78 is 3.72. The average Bonchev–Trinajstić information content (AvgIpc) is 3.83. The third-order valence-electron chi connectivity index (χ3n) is 9.82. The van der Waals surface area contributed by atoms with E-state index in [1.807, 2.05) is 91.7 Å². The second-order valence-electron chi connectivity index (χ2n) is 13.4. The number of hydroxylamine groups is 2. The number of nitrogens with zero attached hydrogens (tertiary/aromatic N) is 4. The highest BCUT2D eigenvalue weighted by Gasteiger charge is 2.40. The highest BCUT2D eigenvalue weighted by atomic mass is 16.7. The molecule has 4 N–H and O–H groups in total. The number of hydrogen-bond donors (Lipinski definition) is 4. The molecule has 0 aliphatic heterocycles. The van der Waals surface area contributed by atoms with Gasteiger partial charge in [-0.2, -0.15) is 0 Å². The number of terminal acetylenes is 2. The van der Waals surface area contributed by atoms with Gasteiger partial charge in [-0.05, 0) is 105 Å². The molecule has 2 unspecified atom stereocenters. The topological polar surface area (TPSA) is 136 Å². The molecule has 1 fully saturated rings. The Balaban J connectivity index is 1.08. The first kappa shape index (κ1) is 35.8. The van der Waals surface area contributed by atoms with Crippen LogP contribution in [0.3, 0.4) is 0 Å². The Morgan fingerprint density at radius 2 is 1.39 bits per heavy atom. The highest BCUT2D eigenvalue weighted by Crippen LogP contribution is 2.47. The molecule has 12 nitrogen and oxygen atoms in total. The summed E-state index contributed by atoms with van der Waals surface area (Å²) in [5.41, 5.74) is 13.2. The lowest BCUT2D eigenvalue weighted by atomic mass is 10.1. The van der Waals surface area contributed by atoms with Gasteiger partial charge in [0.2, 0.25) is 0 Å². The smallest absolute Gasteiger partial charge is 0.279 e. The minimum atomic E-state index is -0.392. The molecule has 2 amide bonds. The predicted octanol–water partition coefficient (Wildman–Crippen LogP) is 6.67. The molecule has 54 heavy (non-hydrogen) atoms. The van der Waals surface area contributed by atoms with Crippen molar-refractivity contribution in [3.8, 4) is 24.7 Å². The highest BCUT2D eigenvalue weighted by molar-refractivity contribution is 6.12. The summed E-state index contributed by atoms with van der Waals surface area (Å²) in [6, 6.07) is 18.8. The van der Waals surface area contributed by atoms with Crippen molar-refractivity contribution in [2.75, 3.05) is 23.8 Å². The summed E-state index contributed by atoms with van der Waals surface area (Å²) in [7, 11) is 3.73. The fraction of sp³-hybridized carbons (Fsp3) is 0.238. The van der Waals surface area contributed by atoms with E-state index in [1.54, 1.807) is 19.2 Å². The van der Waals surface area contributed by atoms with E-state index in [0.717, 1.165) is 45.7 Å². The van der Waals surface area contributed by atoms with Crippen LogP contribution in [0.15, 0.2) is 66.9 Å². The molecule has 6 aromatic rings. The zero-order valence-corrected chi connectivity index (χ0v) is 30.7. The molecule has 7 rings (SSSR count). The predicted molar refractivity (Wildman–Crippen MR) is 210 cm³/mol. The van der Waals surface area contributed by atoms with Gasteiger partial charge in [0.1, 0.15) is 22.9 Å². The quantitative estimate of drug-likeness (QED) is 0.0813. The van der Waals surface area contributed by atoms with Gasteiger partial charge in [-0.25, -0.2) is 20.9 Å². The largest absolute Gasteiger partial charge is 0.341 e. The first-order valence-corrected chi connectivity index (χ1v) is 17.6. The number of aromatic nitrogens is 4. The standard InChI is InChI=1S/C42H40N8O4/c1-8-26-13-16-32(24(4)20-26)44-39-35(29-12-11-19-43-37(29)49(39)6)42(52)48-54-23-28-22-31(28)34-18-15-30-36(41(51)47-53-10-3)40(50(7)38(30)46-34)45-33-17-14-27(9-2)21-25(33)5/h1-2,11-21,28,31,44-45H,10,22-23H2,3-7H3,(H,47,51)(H,48,52). The van der Waals surface area contributed by atoms with Crippen molar-refractivity contribution in [1.82, 2.24) is 30.1 Å². The molecule has 272 valence electrons.